The van der Waals surface area contributed by atoms with Gasteiger partial charge in [0.05, 0.1) is 0 Å². The van der Waals surface area contributed by atoms with E-state index in [4.69, 9.17) is 4.74 Å². The van der Waals surface area contributed by atoms with Crippen LogP contribution in [0.15, 0.2) is 30.3 Å². The van der Waals surface area contributed by atoms with E-state index >= 15 is 0 Å². The van der Waals surface area contributed by atoms with E-state index in [0.29, 0.717) is 39.3 Å². The van der Waals surface area contributed by atoms with E-state index in [2.05, 4.69) is 0 Å². The second-order valence-electron chi connectivity index (χ2n) is 6.04. The number of benzene rings is 1. The van der Waals surface area contributed by atoms with Gasteiger partial charge >= 0.3 is 6.09 Å². The number of hydrogen-bond acceptors (Lipinski definition) is 4. The first kappa shape index (κ1) is 17.2. The van der Waals surface area contributed by atoms with Crippen LogP contribution in [0.3, 0.4) is 0 Å². The molecule has 1 aromatic carbocycles. The summed E-state index contributed by atoms with van der Waals surface area (Å²) in [6.45, 7) is 2.79. The maximum Gasteiger partial charge on any atom is 0.410 e. The Kier molecular flexibility index (Phi) is 5.37. The number of carbonyl (C=O) groups is 1. The molecule has 0 bridgehead atoms. The molecule has 0 atom stereocenters. The summed E-state index contributed by atoms with van der Waals surface area (Å²) < 4.78 is 33.3. The SMILES string of the molecule is O=C(OCc1ccccc1)N1CCN(S(=O)(=O)N2CCCC2)CC1. The van der Waals surface area contributed by atoms with E-state index in [1.165, 1.54) is 8.61 Å². The van der Waals surface area contributed by atoms with E-state index in [1.54, 1.807) is 4.90 Å². The first-order valence-electron chi connectivity index (χ1n) is 8.28. The normalized spacial score (nSPS) is 20.2. The molecule has 0 aliphatic carbocycles. The van der Waals surface area contributed by atoms with Gasteiger partial charge in [0, 0.05) is 39.3 Å². The van der Waals surface area contributed by atoms with Crippen LogP contribution in [0.25, 0.3) is 0 Å². The average Bonchev–Trinajstić information content (AvgIpc) is 3.16. The molecule has 0 radical (unpaired) electrons. The molecule has 2 aliphatic rings. The van der Waals surface area contributed by atoms with Gasteiger partial charge in [-0.2, -0.15) is 17.0 Å². The molecule has 8 heteroatoms. The fourth-order valence-electron chi connectivity index (χ4n) is 2.99. The monoisotopic (exact) mass is 353 g/mol. The predicted octanol–water partition coefficient (Wildman–Crippen LogP) is 1.28. The molecule has 2 fully saturated rings. The van der Waals surface area contributed by atoms with Gasteiger partial charge in [-0.15, -0.1) is 0 Å². The molecule has 0 N–H and O–H groups in total. The average molecular weight is 353 g/mol. The van der Waals surface area contributed by atoms with Crippen LogP contribution in [0.5, 0.6) is 0 Å². The highest BCUT2D eigenvalue weighted by atomic mass is 32.2. The van der Waals surface area contributed by atoms with E-state index < -0.39 is 16.3 Å². The van der Waals surface area contributed by atoms with Gasteiger partial charge in [-0.3, -0.25) is 0 Å². The summed E-state index contributed by atoms with van der Waals surface area (Å²) in [5.41, 5.74) is 0.932. The Morgan fingerprint density at radius 3 is 2.12 bits per heavy atom. The first-order chi connectivity index (χ1) is 11.6. The van der Waals surface area contributed by atoms with Gasteiger partial charge in [0.15, 0.2) is 0 Å². The van der Waals surface area contributed by atoms with Crippen molar-refractivity contribution in [1.82, 2.24) is 13.5 Å². The van der Waals surface area contributed by atoms with Crippen LogP contribution in [0.2, 0.25) is 0 Å². The highest BCUT2D eigenvalue weighted by Crippen LogP contribution is 2.18. The highest BCUT2D eigenvalue weighted by Gasteiger charge is 2.34. The van der Waals surface area contributed by atoms with Gasteiger partial charge in [-0.25, -0.2) is 4.79 Å². The zero-order chi connectivity index (χ0) is 17.0. The fraction of sp³-hybridized carbons (Fsp3) is 0.562. The summed E-state index contributed by atoms with van der Waals surface area (Å²) in [7, 11) is -3.38. The second kappa shape index (κ2) is 7.50. The van der Waals surface area contributed by atoms with Gasteiger partial charge in [0.1, 0.15) is 6.61 Å². The molecule has 132 valence electrons. The standard InChI is InChI=1S/C16H23N3O4S/c20-16(23-14-15-6-2-1-3-7-15)17-10-12-19(13-11-17)24(21,22)18-8-4-5-9-18/h1-3,6-7H,4-5,8-14H2. The van der Waals surface area contributed by atoms with Crippen LogP contribution in [-0.2, 0) is 21.6 Å². The molecule has 24 heavy (non-hydrogen) atoms. The summed E-state index contributed by atoms with van der Waals surface area (Å²) in [6, 6.07) is 9.49. The van der Waals surface area contributed by atoms with E-state index in [1.807, 2.05) is 30.3 Å². The molecular weight excluding hydrogens is 330 g/mol. The van der Waals surface area contributed by atoms with Crippen molar-refractivity contribution in [3.05, 3.63) is 35.9 Å². The number of piperazine rings is 1. The molecule has 0 unspecified atom stereocenters. The first-order valence-corrected chi connectivity index (χ1v) is 9.68. The van der Waals surface area contributed by atoms with Crippen LogP contribution in [0.4, 0.5) is 4.79 Å². The molecule has 1 amide bonds. The Balaban J connectivity index is 1.48. The van der Waals surface area contributed by atoms with E-state index in [-0.39, 0.29) is 6.61 Å². The largest absolute Gasteiger partial charge is 0.445 e. The lowest BCUT2D eigenvalue weighted by Crippen LogP contribution is -2.53. The summed E-state index contributed by atoms with van der Waals surface area (Å²) in [4.78, 5) is 13.7. The fourth-order valence-corrected chi connectivity index (χ4v) is 4.67. The maximum atomic E-state index is 12.5. The second-order valence-corrected chi connectivity index (χ2v) is 7.97. The van der Waals surface area contributed by atoms with Crippen LogP contribution in [0.1, 0.15) is 18.4 Å². The summed E-state index contributed by atoms with van der Waals surface area (Å²) in [5, 5.41) is 0. The minimum absolute atomic E-state index is 0.228. The van der Waals surface area contributed by atoms with Crippen molar-refractivity contribution in [1.29, 1.82) is 0 Å². The molecule has 7 nitrogen and oxygen atoms in total. The number of hydrogen-bond donors (Lipinski definition) is 0. The number of amides is 1. The highest BCUT2D eigenvalue weighted by molar-refractivity contribution is 7.86. The molecule has 0 aromatic heterocycles. The van der Waals surface area contributed by atoms with Crippen molar-refractivity contribution in [3.63, 3.8) is 0 Å². The zero-order valence-corrected chi connectivity index (χ0v) is 14.5. The molecule has 2 saturated heterocycles. The lowest BCUT2D eigenvalue weighted by molar-refractivity contribution is 0.0831. The number of carbonyl (C=O) groups excluding carboxylic acids is 1. The van der Waals surface area contributed by atoms with Gasteiger partial charge in [0.2, 0.25) is 0 Å². The minimum atomic E-state index is -3.38. The Bertz CT molecular complexity index is 651. The Morgan fingerprint density at radius 2 is 1.50 bits per heavy atom. The third kappa shape index (κ3) is 3.88. The topological polar surface area (TPSA) is 70.2 Å². The van der Waals surface area contributed by atoms with Crippen molar-refractivity contribution in [2.75, 3.05) is 39.3 Å². The number of ether oxygens (including phenoxy) is 1. The molecule has 1 aromatic rings. The third-order valence-corrected chi connectivity index (χ3v) is 6.46. The summed E-state index contributed by atoms with van der Waals surface area (Å²) >= 11 is 0. The van der Waals surface area contributed by atoms with Crippen molar-refractivity contribution in [2.45, 2.75) is 19.4 Å². The third-order valence-electron chi connectivity index (χ3n) is 4.42. The number of rotatable bonds is 4. The van der Waals surface area contributed by atoms with Crippen LogP contribution < -0.4 is 0 Å². The van der Waals surface area contributed by atoms with E-state index in [0.717, 1.165) is 18.4 Å². The molecule has 0 spiro atoms. The van der Waals surface area contributed by atoms with Crippen LogP contribution >= 0.6 is 0 Å². The minimum Gasteiger partial charge on any atom is -0.445 e. The van der Waals surface area contributed by atoms with Gasteiger partial charge in [0.25, 0.3) is 10.2 Å². The Hall–Kier alpha value is -1.64. The van der Waals surface area contributed by atoms with Crippen LogP contribution in [0, 0.1) is 0 Å². The molecule has 2 aliphatic heterocycles. The smallest absolute Gasteiger partial charge is 0.410 e. The van der Waals surface area contributed by atoms with Crippen molar-refractivity contribution in [3.8, 4) is 0 Å². The number of nitrogens with zero attached hydrogens (tertiary/aromatic N) is 3. The zero-order valence-electron chi connectivity index (χ0n) is 13.6. The summed E-state index contributed by atoms with van der Waals surface area (Å²) in [5.74, 6) is 0. The molecule has 0 saturated carbocycles. The molecular formula is C16H23N3O4S. The van der Waals surface area contributed by atoms with Crippen molar-refractivity contribution >= 4 is 16.3 Å². The van der Waals surface area contributed by atoms with Crippen molar-refractivity contribution in [2.24, 2.45) is 0 Å². The molecule has 2 heterocycles. The lowest BCUT2D eigenvalue weighted by atomic mass is 10.2. The van der Waals surface area contributed by atoms with Gasteiger partial charge < -0.3 is 9.64 Å². The van der Waals surface area contributed by atoms with Crippen LogP contribution in [-0.4, -0.2) is 67.3 Å². The Labute approximate surface area is 143 Å². The van der Waals surface area contributed by atoms with Gasteiger partial charge in [-0.05, 0) is 18.4 Å². The Morgan fingerprint density at radius 1 is 0.917 bits per heavy atom. The lowest BCUT2D eigenvalue weighted by Gasteiger charge is -2.35. The summed E-state index contributed by atoms with van der Waals surface area (Å²) in [6.07, 6.45) is 1.45. The predicted molar refractivity (Wildman–Crippen MR) is 89.5 cm³/mol. The van der Waals surface area contributed by atoms with E-state index in [9.17, 15) is 13.2 Å². The van der Waals surface area contributed by atoms with Gasteiger partial charge in [-0.1, -0.05) is 30.3 Å². The van der Waals surface area contributed by atoms with Crippen molar-refractivity contribution < 1.29 is 17.9 Å². The maximum absolute atomic E-state index is 12.5. The molecule has 3 rings (SSSR count). The quantitative estimate of drug-likeness (QED) is 0.818.